The molecule has 0 unspecified atom stereocenters. The summed E-state index contributed by atoms with van der Waals surface area (Å²) >= 11 is 0. The first-order valence-electron chi connectivity index (χ1n) is 8.24. The fraction of sp³-hybridized carbons (Fsp3) is 0.316. The number of carbonyl (C=O) groups excluding carboxylic acids is 1. The molecule has 0 aromatic heterocycles. The van der Waals surface area contributed by atoms with E-state index in [2.05, 4.69) is 10.6 Å². The standard InChI is InChI=1S/C19H22N2O4/c1-13-3-5-16(23-2)15(11-13)21-19(22)7-8-20-14-4-6-17-18(12-14)25-10-9-24-17/h3-6,11-12,20H,7-10H2,1-2H3,(H,21,22). The summed E-state index contributed by atoms with van der Waals surface area (Å²) in [5.74, 6) is 2.05. The van der Waals surface area contributed by atoms with E-state index in [-0.39, 0.29) is 5.91 Å². The van der Waals surface area contributed by atoms with Gasteiger partial charge in [-0.15, -0.1) is 0 Å². The number of carbonyl (C=O) groups is 1. The number of hydrogen-bond donors (Lipinski definition) is 2. The van der Waals surface area contributed by atoms with Gasteiger partial charge >= 0.3 is 0 Å². The molecule has 1 aliphatic rings. The van der Waals surface area contributed by atoms with Gasteiger partial charge in [0.2, 0.25) is 5.91 Å². The van der Waals surface area contributed by atoms with Gasteiger partial charge in [-0.05, 0) is 36.8 Å². The molecule has 2 aromatic rings. The van der Waals surface area contributed by atoms with E-state index in [1.54, 1.807) is 7.11 Å². The van der Waals surface area contributed by atoms with Gasteiger partial charge in [-0.2, -0.15) is 0 Å². The monoisotopic (exact) mass is 342 g/mol. The maximum atomic E-state index is 12.2. The number of aryl methyl sites for hydroxylation is 1. The Labute approximate surface area is 147 Å². The van der Waals surface area contributed by atoms with Crippen molar-refractivity contribution in [1.29, 1.82) is 0 Å². The summed E-state index contributed by atoms with van der Waals surface area (Å²) in [5.41, 5.74) is 2.64. The van der Waals surface area contributed by atoms with Gasteiger partial charge in [0.05, 0.1) is 12.8 Å². The van der Waals surface area contributed by atoms with E-state index in [1.165, 1.54) is 0 Å². The van der Waals surface area contributed by atoms with Crippen LogP contribution in [0.3, 0.4) is 0 Å². The molecule has 132 valence electrons. The molecular weight excluding hydrogens is 320 g/mol. The van der Waals surface area contributed by atoms with Crippen LogP contribution in [-0.2, 0) is 4.79 Å². The molecule has 3 rings (SSSR count). The normalized spacial score (nSPS) is 12.4. The molecule has 6 nitrogen and oxygen atoms in total. The molecule has 1 amide bonds. The largest absolute Gasteiger partial charge is 0.495 e. The molecule has 0 saturated heterocycles. The number of anilines is 2. The summed E-state index contributed by atoms with van der Waals surface area (Å²) in [7, 11) is 1.59. The molecule has 2 aromatic carbocycles. The van der Waals surface area contributed by atoms with E-state index in [0.29, 0.717) is 37.6 Å². The van der Waals surface area contributed by atoms with Crippen LogP contribution in [0.15, 0.2) is 36.4 Å². The third kappa shape index (κ3) is 4.35. The van der Waals surface area contributed by atoms with Crippen molar-refractivity contribution >= 4 is 17.3 Å². The molecule has 0 radical (unpaired) electrons. The predicted molar refractivity (Wildman–Crippen MR) is 96.9 cm³/mol. The Morgan fingerprint density at radius 3 is 2.72 bits per heavy atom. The number of hydrogen-bond acceptors (Lipinski definition) is 5. The molecule has 0 fully saturated rings. The zero-order valence-electron chi connectivity index (χ0n) is 14.4. The lowest BCUT2D eigenvalue weighted by Crippen LogP contribution is -2.17. The summed E-state index contributed by atoms with van der Waals surface area (Å²) in [6.07, 6.45) is 0.339. The minimum absolute atomic E-state index is 0.0751. The van der Waals surface area contributed by atoms with Gasteiger partial charge in [0.25, 0.3) is 0 Å². The molecule has 1 aliphatic heterocycles. The summed E-state index contributed by atoms with van der Waals surface area (Å²) < 4.78 is 16.3. The summed E-state index contributed by atoms with van der Waals surface area (Å²) in [5, 5.41) is 6.11. The van der Waals surface area contributed by atoms with Gasteiger partial charge in [-0.1, -0.05) is 6.07 Å². The highest BCUT2D eigenvalue weighted by Crippen LogP contribution is 2.32. The SMILES string of the molecule is COc1ccc(C)cc1NC(=O)CCNc1ccc2c(c1)OCCO2. The number of rotatable bonds is 6. The van der Waals surface area contributed by atoms with E-state index in [0.717, 1.165) is 22.7 Å². The highest BCUT2D eigenvalue weighted by atomic mass is 16.6. The minimum Gasteiger partial charge on any atom is -0.495 e. The van der Waals surface area contributed by atoms with E-state index in [4.69, 9.17) is 14.2 Å². The molecule has 0 bridgehead atoms. The zero-order valence-corrected chi connectivity index (χ0v) is 14.4. The first-order chi connectivity index (χ1) is 12.2. The van der Waals surface area contributed by atoms with Gasteiger partial charge in [0.15, 0.2) is 11.5 Å². The van der Waals surface area contributed by atoms with Crippen LogP contribution >= 0.6 is 0 Å². The van der Waals surface area contributed by atoms with Crippen LogP contribution in [-0.4, -0.2) is 32.8 Å². The van der Waals surface area contributed by atoms with Crippen molar-refractivity contribution < 1.29 is 19.0 Å². The number of methoxy groups -OCH3 is 1. The van der Waals surface area contributed by atoms with Crippen LogP contribution in [0.4, 0.5) is 11.4 Å². The molecule has 1 heterocycles. The first kappa shape index (κ1) is 17.0. The van der Waals surface area contributed by atoms with Crippen molar-refractivity contribution in [2.75, 3.05) is 37.5 Å². The smallest absolute Gasteiger partial charge is 0.226 e. The van der Waals surface area contributed by atoms with E-state index in [1.807, 2.05) is 43.3 Å². The van der Waals surface area contributed by atoms with Gasteiger partial charge in [0.1, 0.15) is 19.0 Å². The second kappa shape index (κ2) is 7.79. The van der Waals surface area contributed by atoms with Crippen molar-refractivity contribution in [2.45, 2.75) is 13.3 Å². The van der Waals surface area contributed by atoms with E-state index in [9.17, 15) is 4.79 Å². The van der Waals surface area contributed by atoms with E-state index < -0.39 is 0 Å². The van der Waals surface area contributed by atoms with Gasteiger partial charge < -0.3 is 24.8 Å². The minimum atomic E-state index is -0.0751. The van der Waals surface area contributed by atoms with Crippen molar-refractivity contribution in [2.24, 2.45) is 0 Å². The van der Waals surface area contributed by atoms with Crippen molar-refractivity contribution in [3.05, 3.63) is 42.0 Å². The third-order valence-electron chi connectivity index (χ3n) is 3.85. The lowest BCUT2D eigenvalue weighted by atomic mass is 10.2. The van der Waals surface area contributed by atoms with Crippen LogP contribution in [0.1, 0.15) is 12.0 Å². The molecule has 25 heavy (non-hydrogen) atoms. The molecule has 0 atom stereocenters. The maximum Gasteiger partial charge on any atom is 0.226 e. The van der Waals surface area contributed by atoms with Crippen molar-refractivity contribution in [3.63, 3.8) is 0 Å². The van der Waals surface area contributed by atoms with Crippen LogP contribution in [0, 0.1) is 6.92 Å². The van der Waals surface area contributed by atoms with Crippen molar-refractivity contribution in [1.82, 2.24) is 0 Å². The zero-order chi connectivity index (χ0) is 17.6. The molecule has 0 aliphatic carbocycles. The third-order valence-corrected chi connectivity index (χ3v) is 3.85. The molecule has 0 saturated carbocycles. The lowest BCUT2D eigenvalue weighted by Gasteiger charge is -2.19. The number of ether oxygens (including phenoxy) is 3. The predicted octanol–water partition coefficient (Wildman–Crippen LogP) is 3.22. The first-order valence-corrected chi connectivity index (χ1v) is 8.24. The fourth-order valence-corrected chi connectivity index (χ4v) is 2.61. The van der Waals surface area contributed by atoms with Crippen LogP contribution in [0.2, 0.25) is 0 Å². The van der Waals surface area contributed by atoms with Gasteiger partial charge in [-0.3, -0.25) is 4.79 Å². The quantitative estimate of drug-likeness (QED) is 0.844. The Hall–Kier alpha value is -2.89. The van der Waals surface area contributed by atoms with Crippen molar-refractivity contribution in [3.8, 4) is 17.2 Å². The lowest BCUT2D eigenvalue weighted by molar-refractivity contribution is -0.116. The fourth-order valence-electron chi connectivity index (χ4n) is 2.61. The Morgan fingerprint density at radius 2 is 1.92 bits per heavy atom. The Bertz CT molecular complexity index is 761. The Balaban J connectivity index is 1.52. The number of nitrogens with one attached hydrogen (secondary N) is 2. The van der Waals surface area contributed by atoms with Crippen LogP contribution < -0.4 is 24.8 Å². The van der Waals surface area contributed by atoms with Crippen LogP contribution in [0.5, 0.6) is 17.2 Å². The second-order valence-electron chi connectivity index (χ2n) is 5.79. The molecular formula is C19H22N2O4. The van der Waals surface area contributed by atoms with Gasteiger partial charge in [0, 0.05) is 24.7 Å². The molecule has 2 N–H and O–H groups in total. The highest BCUT2D eigenvalue weighted by Gasteiger charge is 2.12. The molecule has 0 spiro atoms. The average Bonchev–Trinajstić information content (AvgIpc) is 2.62. The Morgan fingerprint density at radius 1 is 1.12 bits per heavy atom. The molecule has 6 heteroatoms. The average molecular weight is 342 g/mol. The van der Waals surface area contributed by atoms with Gasteiger partial charge in [-0.25, -0.2) is 0 Å². The maximum absolute atomic E-state index is 12.2. The number of amides is 1. The van der Waals surface area contributed by atoms with E-state index >= 15 is 0 Å². The topological polar surface area (TPSA) is 68.8 Å². The Kier molecular flexibility index (Phi) is 5.28. The number of benzene rings is 2. The summed E-state index contributed by atoms with van der Waals surface area (Å²) in [4.78, 5) is 12.2. The number of fused-ring (bicyclic) bond motifs is 1. The second-order valence-corrected chi connectivity index (χ2v) is 5.79. The highest BCUT2D eigenvalue weighted by molar-refractivity contribution is 5.92. The van der Waals surface area contributed by atoms with Crippen LogP contribution in [0.25, 0.3) is 0 Å². The summed E-state index contributed by atoms with van der Waals surface area (Å²) in [6.45, 7) is 3.61. The summed E-state index contributed by atoms with van der Waals surface area (Å²) in [6, 6.07) is 11.3.